The number of nitrogens with zero attached hydrogens (tertiary/aromatic N) is 3. The quantitative estimate of drug-likeness (QED) is 0.785. The van der Waals surface area contributed by atoms with E-state index in [0.29, 0.717) is 18.0 Å². The van der Waals surface area contributed by atoms with E-state index in [-0.39, 0.29) is 5.91 Å². The molecule has 3 heterocycles. The molecule has 1 aliphatic heterocycles. The molecule has 0 fully saturated rings. The van der Waals surface area contributed by atoms with Crippen LogP contribution in [0.2, 0.25) is 0 Å². The summed E-state index contributed by atoms with van der Waals surface area (Å²) in [6.07, 6.45) is 4.07. The molecule has 6 heteroatoms. The number of amides is 1. The number of benzene rings is 1. The van der Waals surface area contributed by atoms with Crippen LogP contribution in [0.25, 0.3) is 0 Å². The van der Waals surface area contributed by atoms with Crippen molar-refractivity contribution in [1.29, 1.82) is 0 Å². The van der Waals surface area contributed by atoms with Crippen molar-refractivity contribution >= 4 is 11.7 Å². The standard InChI is InChI=1S/C20H20N4O2/c1-14-18(23-13-26-14)20(25)22-11-16-7-4-9-21-19(16)24-10-8-15-5-2-3-6-17(15)12-24/h2-7,9,13H,8,10-12H2,1H3,(H,22,25). The van der Waals surface area contributed by atoms with Crippen molar-refractivity contribution in [3.05, 3.63) is 77.1 Å². The van der Waals surface area contributed by atoms with Crippen LogP contribution < -0.4 is 10.2 Å². The molecule has 1 aliphatic rings. The molecule has 1 N–H and O–H groups in total. The number of oxazole rings is 1. The third kappa shape index (κ3) is 3.18. The predicted octanol–water partition coefficient (Wildman–Crippen LogP) is 2.87. The SMILES string of the molecule is Cc1ocnc1C(=O)NCc1cccnc1N1CCc2ccccc2C1. The maximum absolute atomic E-state index is 12.3. The van der Waals surface area contributed by atoms with E-state index in [1.165, 1.54) is 17.5 Å². The smallest absolute Gasteiger partial charge is 0.273 e. The molecule has 132 valence electrons. The molecule has 0 saturated heterocycles. The van der Waals surface area contributed by atoms with Gasteiger partial charge >= 0.3 is 0 Å². The highest BCUT2D eigenvalue weighted by atomic mass is 16.3. The van der Waals surface area contributed by atoms with Crippen LogP contribution in [0.1, 0.15) is 32.9 Å². The van der Waals surface area contributed by atoms with Gasteiger partial charge in [0, 0.05) is 31.4 Å². The Hall–Kier alpha value is -3.15. The molecule has 0 atom stereocenters. The van der Waals surface area contributed by atoms with Crippen LogP contribution in [0.3, 0.4) is 0 Å². The van der Waals surface area contributed by atoms with E-state index in [4.69, 9.17) is 4.42 Å². The molecule has 0 aliphatic carbocycles. The van der Waals surface area contributed by atoms with E-state index in [9.17, 15) is 4.79 Å². The van der Waals surface area contributed by atoms with Crippen LogP contribution >= 0.6 is 0 Å². The summed E-state index contributed by atoms with van der Waals surface area (Å²) < 4.78 is 5.10. The number of fused-ring (bicyclic) bond motifs is 1. The Morgan fingerprint density at radius 2 is 2.04 bits per heavy atom. The first-order valence-electron chi connectivity index (χ1n) is 8.66. The maximum atomic E-state index is 12.3. The van der Waals surface area contributed by atoms with Crippen LogP contribution in [0.4, 0.5) is 5.82 Å². The lowest BCUT2D eigenvalue weighted by molar-refractivity contribution is 0.0945. The van der Waals surface area contributed by atoms with Gasteiger partial charge in [-0.1, -0.05) is 30.3 Å². The summed E-state index contributed by atoms with van der Waals surface area (Å²) in [5.74, 6) is 1.19. The third-order valence-electron chi connectivity index (χ3n) is 4.70. The van der Waals surface area contributed by atoms with E-state index in [1.807, 2.05) is 12.1 Å². The van der Waals surface area contributed by atoms with Crippen molar-refractivity contribution in [3.63, 3.8) is 0 Å². The van der Waals surface area contributed by atoms with Gasteiger partial charge in [-0.2, -0.15) is 0 Å². The number of aromatic nitrogens is 2. The molecule has 2 aromatic heterocycles. The predicted molar refractivity (Wildman–Crippen MR) is 97.8 cm³/mol. The Balaban J connectivity index is 1.51. The molecule has 4 rings (SSSR count). The Morgan fingerprint density at radius 1 is 1.19 bits per heavy atom. The normalized spacial score (nSPS) is 13.3. The van der Waals surface area contributed by atoms with E-state index >= 15 is 0 Å². The molecular weight excluding hydrogens is 328 g/mol. The highest BCUT2D eigenvalue weighted by Gasteiger charge is 2.20. The zero-order chi connectivity index (χ0) is 17.9. The first-order chi connectivity index (χ1) is 12.7. The number of hydrogen-bond acceptors (Lipinski definition) is 5. The van der Waals surface area contributed by atoms with E-state index in [1.54, 1.807) is 13.1 Å². The maximum Gasteiger partial charge on any atom is 0.273 e. The molecule has 0 saturated carbocycles. The number of aryl methyl sites for hydroxylation is 1. The summed E-state index contributed by atoms with van der Waals surface area (Å²) >= 11 is 0. The minimum absolute atomic E-state index is 0.241. The second kappa shape index (κ2) is 7.00. The molecule has 3 aromatic rings. The summed E-state index contributed by atoms with van der Waals surface area (Å²) in [6, 6.07) is 12.4. The first-order valence-corrected chi connectivity index (χ1v) is 8.66. The number of carbonyl (C=O) groups is 1. The molecule has 6 nitrogen and oxygen atoms in total. The van der Waals surface area contributed by atoms with Gasteiger partial charge in [0.25, 0.3) is 5.91 Å². The average Bonchev–Trinajstić information content (AvgIpc) is 3.12. The first kappa shape index (κ1) is 16.3. The van der Waals surface area contributed by atoms with Gasteiger partial charge in [-0.15, -0.1) is 0 Å². The Bertz CT molecular complexity index is 935. The fraction of sp³-hybridized carbons (Fsp3) is 0.250. The Morgan fingerprint density at radius 3 is 2.85 bits per heavy atom. The van der Waals surface area contributed by atoms with Gasteiger partial charge in [0.15, 0.2) is 12.1 Å². The van der Waals surface area contributed by atoms with Gasteiger partial charge in [-0.25, -0.2) is 9.97 Å². The van der Waals surface area contributed by atoms with E-state index in [2.05, 4.69) is 44.5 Å². The van der Waals surface area contributed by atoms with Crippen LogP contribution in [0, 0.1) is 6.92 Å². The summed E-state index contributed by atoms with van der Waals surface area (Å²) in [4.78, 5) is 23.1. The number of nitrogens with one attached hydrogen (secondary N) is 1. The van der Waals surface area contributed by atoms with E-state index in [0.717, 1.165) is 30.9 Å². The topological polar surface area (TPSA) is 71.3 Å². The van der Waals surface area contributed by atoms with Crippen LogP contribution in [-0.2, 0) is 19.5 Å². The van der Waals surface area contributed by atoms with E-state index < -0.39 is 0 Å². The fourth-order valence-corrected chi connectivity index (χ4v) is 3.31. The zero-order valence-corrected chi connectivity index (χ0v) is 14.6. The second-order valence-corrected chi connectivity index (χ2v) is 6.37. The lowest BCUT2D eigenvalue weighted by Crippen LogP contribution is -2.33. The number of pyridine rings is 1. The van der Waals surface area contributed by atoms with Crippen molar-refractivity contribution in [2.75, 3.05) is 11.4 Å². The largest absolute Gasteiger partial charge is 0.448 e. The molecule has 0 bridgehead atoms. The Labute approximate surface area is 151 Å². The number of carbonyl (C=O) groups excluding carboxylic acids is 1. The highest BCUT2D eigenvalue weighted by Crippen LogP contribution is 2.25. The zero-order valence-electron chi connectivity index (χ0n) is 14.6. The van der Waals surface area contributed by atoms with Gasteiger partial charge < -0.3 is 14.6 Å². The fourth-order valence-electron chi connectivity index (χ4n) is 3.31. The summed E-state index contributed by atoms with van der Waals surface area (Å²) in [6.45, 7) is 3.86. The van der Waals surface area contributed by atoms with Crippen LogP contribution in [0.15, 0.2) is 53.4 Å². The van der Waals surface area contributed by atoms with Gasteiger partial charge in [0.1, 0.15) is 11.6 Å². The molecule has 0 spiro atoms. The van der Waals surface area contributed by atoms with Gasteiger partial charge in [0.05, 0.1) is 0 Å². The van der Waals surface area contributed by atoms with Gasteiger partial charge in [-0.05, 0) is 30.5 Å². The van der Waals surface area contributed by atoms with Crippen molar-refractivity contribution in [1.82, 2.24) is 15.3 Å². The number of anilines is 1. The van der Waals surface area contributed by atoms with Crippen molar-refractivity contribution in [3.8, 4) is 0 Å². The Kier molecular flexibility index (Phi) is 4.39. The summed E-state index contributed by atoms with van der Waals surface area (Å²) in [5, 5.41) is 2.91. The molecule has 0 unspecified atom stereocenters. The molecular formula is C20H20N4O2. The molecule has 0 radical (unpaired) electrons. The average molecular weight is 348 g/mol. The van der Waals surface area contributed by atoms with Gasteiger partial charge in [-0.3, -0.25) is 4.79 Å². The van der Waals surface area contributed by atoms with Gasteiger partial charge in [0.2, 0.25) is 0 Å². The van der Waals surface area contributed by atoms with Crippen molar-refractivity contribution in [2.45, 2.75) is 26.4 Å². The van der Waals surface area contributed by atoms with Crippen molar-refractivity contribution < 1.29 is 9.21 Å². The molecule has 1 aromatic carbocycles. The number of hydrogen-bond donors (Lipinski definition) is 1. The highest BCUT2D eigenvalue weighted by molar-refractivity contribution is 5.93. The number of rotatable bonds is 4. The van der Waals surface area contributed by atoms with Crippen LogP contribution in [0.5, 0.6) is 0 Å². The van der Waals surface area contributed by atoms with Crippen molar-refractivity contribution in [2.24, 2.45) is 0 Å². The van der Waals surface area contributed by atoms with Crippen LogP contribution in [-0.4, -0.2) is 22.4 Å². The lowest BCUT2D eigenvalue weighted by Gasteiger charge is -2.31. The molecule has 1 amide bonds. The minimum Gasteiger partial charge on any atom is -0.448 e. The summed E-state index contributed by atoms with van der Waals surface area (Å²) in [5.41, 5.74) is 4.04. The monoisotopic (exact) mass is 348 g/mol. The minimum atomic E-state index is -0.241. The second-order valence-electron chi connectivity index (χ2n) is 6.37. The molecule has 26 heavy (non-hydrogen) atoms. The summed E-state index contributed by atoms with van der Waals surface area (Å²) in [7, 11) is 0. The third-order valence-corrected chi connectivity index (χ3v) is 4.70. The lowest BCUT2D eigenvalue weighted by atomic mass is 9.99.